The molecule has 0 N–H and O–H groups in total. The van der Waals surface area contributed by atoms with Crippen LogP contribution in [-0.4, -0.2) is 25.8 Å². The maximum atomic E-state index is 13.9. The van der Waals surface area contributed by atoms with Gasteiger partial charge in [0.05, 0.1) is 0 Å². The molecule has 20 heavy (non-hydrogen) atoms. The second-order valence-corrected chi connectivity index (χ2v) is 7.85. The van der Waals surface area contributed by atoms with Gasteiger partial charge in [0.15, 0.2) is 0 Å². The van der Waals surface area contributed by atoms with Crippen molar-refractivity contribution in [1.82, 2.24) is 4.31 Å². The molecule has 0 aromatic heterocycles. The van der Waals surface area contributed by atoms with E-state index in [0.29, 0.717) is 30.5 Å². The van der Waals surface area contributed by atoms with Crippen LogP contribution in [0, 0.1) is 17.7 Å². The first kappa shape index (κ1) is 14.3. The van der Waals surface area contributed by atoms with Gasteiger partial charge in [0.2, 0.25) is 10.0 Å². The van der Waals surface area contributed by atoms with Crippen LogP contribution in [0.1, 0.15) is 24.8 Å². The molecule has 110 valence electrons. The summed E-state index contributed by atoms with van der Waals surface area (Å²) in [6, 6.07) is 4.05. The van der Waals surface area contributed by atoms with Crippen LogP contribution >= 0.6 is 11.6 Å². The van der Waals surface area contributed by atoms with Crippen LogP contribution in [-0.2, 0) is 15.9 Å². The summed E-state index contributed by atoms with van der Waals surface area (Å²) in [7, 11) is -3.74. The normalized spacial score (nSPS) is 26.9. The summed E-state index contributed by atoms with van der Waals surface area (Å²) in [5.41, 5.74) is 0.617. The summed E-state index contributed by atoms with van der Waals surface area (Å²) in [4.78, 5) is -0.240. The Morgan fingerprint density at radius 1 is 1.25 bits per heavy atom. The maximum absolute atomic E-state index is 13.9. The average molecular weight is 318 g/mol. The SMILES string of the molecule is O=S(=O)(c1cc(CCl)ccc1F)N1CC2CCCC2C1. The first-order chi connectivity index (χ1) is 9.52. The molecule has 2 atom stereocenters. The topological polar surface area (TPSA) is 37.4 Å². The zero-order chi connectivity index (χ0) is 14.3. The van der Waals surface area contributed by atoms with E-state index in [-0.39, 0.29) is 10.8 Å². The van der Waals surface area contributed by atoms with Crippen molar-refractivity contribution in [3.05, 3.63) is 29.6 Å². The van der Waals surface area contributed by atoms with Crippen molar-refractivity contribution < 1.29 is 12.8 Å². The predicted molar refractivity (Wildman–Crippen MR) is 75.5 cm³/mol. The zero-order valence-electron chi connectivity index (χ0n) is 11.1. The Morgan fingerprint density at radius 3 is 2.50 bits per heavy atom. The van der Waals surface area contributed by atoms with E-state index in [9.17, 15) is 12.8 Å². The molecule has 0 bridgehead atoms. The highest BCUT2D eigenvalue weighted by Gasteiger charge is 2.42. The third kappa shape index (κ3) is 2.36. The Kier molecular flexibility index (Phi) is 3.77. The van der Waals surface area contributed by atoms with Gasteiger partial charge in [0.1, 0.15) is 10.7 Å². The molecule has 3 rings (SSSR count). The number of halogens is 2. The van der Waals surface area contributed by atoms with Crippen LogP contribution in [0.2, 0.25) is 0 Å². The summed E-state index contributed by atoms with van der Waals surface area (Å²) >= 11 is 5.71. The number of benzene rings is 1. The standard InChI is InChI=1S/C14H17ClFNO2S/c15-7-10-4-5-13(16)14(6-10)20(18,19)17-8-11-2-1-3-12(11)9-17/h4-6,11-12H,1-3,7-9H2. The molecule has 0 amide bonds. The highest BCUT2D eigenvalue weighted by molar-refractivity contribution is 7.89. The van der Waals surface area contributed by atoms with Crippen molar-refractivity contribution in [2.45, 2.75) is 30.0 Å². The fourth-order valence-electron chi connectivity index (χ4n) is 3.36. The monoisotopic (exact) mass is 317 g/mol. The van der Waals surface area contributed by atoms with E-state index in [1.165, 1.54) is 28.9 Å². The van der Waals surface area contributed by atoms with E-state index in [1.807, 2.05) is 0 Å². The third-order valence-corrected chi connectivity index (χ3v) is 6.62. The molecule has 1 heterocycles. The molecule has 2 unspecified atom stereocenters. The maximum Gasteiger partial charge on any atom is 0.246 e. The van der Waals surface area contributed by atoms with Gasteiger partial charge < -0.3 is 0 Å². The summed E-state index contributed by atoms with van der Waals surface area (Å²) < 4.78 is 40.5. The van der Waals surface area contributed by atoms with Crippen molar-refractivity contribution in [1.29, 1.82) is 0 Å². The van der Waals surface area contributed by atoms with E-state index in [1.54, 1.807) is 0 Å². The molecule has 0 spiro atoms. The van der Waals surface area contributed by atoms with Crippen LogP contribution in [0.5, 0.6) is 0 Å². The van der Waals surface area contributed by atoms with Crippen molar-refractivity contribution >= 4 is 21.6 Å². The molecule has 2 fully saturated rings. The number of rotatable bonds is 3. The Labute approximate surface area is 123 Å². The largest absolute Gasteiger partial charge is 0.246 e. The van der Waals surface area contributed by atoms with Crippen LogP contribution < -0.4 is 0 Å². The molecule has 0 radical (unpaired) electrons. The molecule has 6 heteroatoms. The predicted octanol–water partition coefficient (Wildman–Crippen LogP) is 2.99. The first-order valence-corrected chi connectivity index (χ1v) is 8.84. The fourth-order valence-corrected chi connectivity index (χ4v) is 5.19. The summed E-state index contributed by atoms with van der Waals surface area (Å²) in [5.74, 6) is 0.373. The summed E-state index contributed by atoms with van der Waals surface area (Å²) in [5, 5.41) is 0. The molecular formula is C14H17ClFNO2S. The molecule has 1 aromatic rings. The number of hydrogen-bond donors (Lipinski definition) is 0. The van der Waals surface area contributed by atoms with Gasteiger partial charge in [-0.25, -0.2) is 12.8 Å². The molecule has 1 aliphatic heterocycles. The molecule has 1 saturated heterocycles. The molecule has 1 saturated carbocycles. The Balaban J connectivity index is 1.92. The van der Waals surface area contributed by atoms with Gasteiger partial charge in [-0.15, -0.1) is 11.6 Å². The van der Waals surface area contributed by atoms with Crippen molar-refractivity contribution in [2.75, 3.05) is 13.1 Å². The average Bonchev–Trinajstić information content (AvgIpc) is 3.00. The number of alkyl halides is 1. The number of nitrogens with zero attached hydrogens (tertiary/aromatic N) is 1. The van der Waals surface area contributed by atoms with Crippen LogP contribution in [0.3, 0.4) is 0 Å². The van der Waals surface area contributed by atoms with Crippen molar-refractivity contribution in [3.8, 4) is 0 Å². The number of sulfonamides is 1. The van der Waals surface area contributed by atoms with Crippen molar-refractivity contribution in [3.63, 3.8) is 0 Å². The van der Waals surface area contributed by atoms with E-state index < -0.39 is 15.8 Å². The van der Waals surface area contributed by atoms with Gasteiger partial charge in [-0.1, -0.05) is 12.5 Å². The highest BCUT2D eigenvalue weighted by atomic mass is 35.5. The summed E-state index contributed by atoms with van der Waals surface area (Å²) in [6.07, 6.45) is 3.35. The van der Waals surface area contributed by atoms with Crippen LogP contribution in [0.25, 0.3) is 0 Å². The second kappa shape index (κ2) is 5.28. The van der Waals surface area contributed by atoms with Gasteiger partial charge in [-0.2, -0.15) is 4.31 Å². The minimum atomic E-state index is -3.74. The molecule has 3 nitrogen and oxygen atoms in total. The van der Waals surface area contributed by atoms with E-state index in [2.05, 4.69) is 0 Å². The quantitative estimate of drug-likeness (QED) is 0.804. The van der Waals surface area contributed by atoms with Crippen molar-refractivity contribution in [2.24, 2.45) is 11.8 Å². The lowest BCUT2D eigenvalue weighted by Crippen LogP contribution is -2.30. The third-order valence-electron chi connectivity index (χ3n) is 4.46. The van der Waals surface area contributed by atoms with Gasteiger partial charge in [0, 0.05) is 19.0 Å². The lowest BCUT2D eigenvalue weighted by molar-refractivity contribution is 0.440. The Morgan fingerprint density at radius 2 is 1.90 bits per heavy atom. The Hall–Kier alpha value is -0.650. The second-order valence-electron chi connectivity index (χ2n) is 5.67. The van der Waals surface area contributed by atoms with Gasteiger partial charge in [-0.05, 0) is 42.4 Å². The molecule has 1 aromatic carbocycles. The smallest absolute Gasteiger partial charge is 0.207 e. The van der Waals surface area contributed by atoms with Gasteiger partial charge >= 0.3 is 0 Å². The van der Waals surface area contributed by atoms with E-state index >= 15 is 0 Å². The number of hydrogen-bond acceptors (Lipinski definition) is 2. The molecule has 2 aliphatic rings. The highest BCUT2D eigenvalue weighted by Crippen LogP contribution is 2.40. The first-order valence-electron chi connectivity index (χ1n) is 6.87. The summed E-state index contributed by atoms with van der Waals surface area (Å²) in [6.45, 7) is 1.05. The lowest BCUT2D eigenvalue weighted by Gasteiger charge is -2.18. The lowest BCUT2D eigenvalue weighted by atomic mass is 10.0. The van der Waals surface area contributed by atoms with E-state index in [4.69, 9.17) is 11.6 Å². The molecule has 1 aliphatic carbocycles. The minimum absolute atomic E-state index is 0.175. The Bertz CT molecular complexity index is 608. The van der Waals surface area contributed by atoms with E-state index in [0.717, 1.165) is 12.8 Å². The fraction of sp³-hybridized carbons (Fsp3) is 0.571. The van der Waals surface area contributed by atoms with Crippen LogP contribution in [0.4, 0.5) is 4.39 Å². The van der Waals surface area contributed by atoms with Crippen LogP contribution in [0.15, 0.2) is 23.1 Å². The van der Waals surface area contributed by atoms with Gasteiger partial charge in [0.25, 0.3) is 0 Å². The van der Waals surface area contributed by atoms with Gasteiger partial charge in [-0.3, -0.25) is 0 Å². The molecular weight excluding hydrogens is 301 g/mol. The minimum Gasteiger partial charge on any atom is -0.207 e. The number of fused-ring (bicyclic) bond motifs is 1. The zero-order valence-corrected chi connectivity index (χ0v) is 12.6.